The van der Waals surface area contributed by atoms with Crippen molar-refractivity contribution in [3.8, 4) is 11.5 Å². The number of carboxylic acid groups (broad SMARTS) is 1. The molecule has 2 amide bonds. The fraction of sp³-hybridized carbons (Fsp3) is 0.500. The number of likely N-dealkylation sites (tertiary alicyclic amines) is 2. The largest absolute Gasteiger partial charge is 0.488 e. The highest BCUT2D eigenvalue weighted by atomic mass is 35.5. The van der Waals surface area contributed by atoms with Crippen LogP contribution in [0.4, 0.5) is 21.0 Å². The molecule has 6 heterocycles. The normalized spacial score (nSPS) is 17.4. The zero-order valence-corrected chi connectivity index (χ0v) is 36.9. The van der Waals surface area contributed by atoms with Crippen molar-refractivity contribution in [2.24, 2.45) is 0 Å². The number of aromatic nitrogens is 4. The van der Waals surface area contributed by atoms with Crippen molar-refractivity contribution in [1.29, 1.82) is 0 Å². The minimum Gasteiger partial charge on any atom is -0.488 e. The second kappa shape index (κ2) is 19.7. The number of esters is 1. The number of carboxylic acids is 1. The number of nitrogens with zero attached hydrogens (tertiary/aromatic N) is 8. The van der Waals surface area contributed by atoms with Gasteiger partial charge in [0, 0.05) is 90.4 Å². The first-order chi connectivity index (χ1) is 29.7. The van der Waals surface area contributed by atoms with Crippen molar-refractivity contribution in [1.82, 2.24) is 29.4 Å². The molecule has 0 aliphatic carbocycles. The van der Waals surface area contributed by atoms with Gasteiger partial charge in [-0.1, -0.05) is 35.3 Å². The van der Waals surface area contributed by atoms with Gasteiger partial charge in [-0.05, 0) is 82.9 Å². The molecule has 4 aromatic rings. The van der Waals surface area contributed by atoms with E-state index in [4.69, 9.17) is 42.5 Å². The van der Waals surface area contributed by atoms with Crippen LogP contribution in [-0.2, 0) is 4.74 Å². The van der Waals surface area contributed by atoms with Crippen molar-refractivity contribution in [3.63, 3.8) is 0 Å². The third kappa shape index (κ3) is 10.9. The van der Waals surface area contributed by atoms with E-state index in [0.717, 1.165) is 79.4 Å². The molecule has 2 aromatic heterocycles. The van der Waals surface area contributed by atoms with E-state index in [1.807, 2.05) is 36.4 Å². The lowest BCUT2D eigenvalue weighted by Crippen LogP contribution is -2.44. The average molecular weight is 894 g/mol. The highest BCUT2D eigenvalue weighted by Gasteiger charge is 2.30. The second-order valence-corrected chi connectivity index (χ2v) is 17.6. The zero-order valence-electron chi connectivity index (χ0n) is 35.4. The molecule has 332 valence electrons. The molecule has 4 fully saturated rings. The van der Waals surface area contributed by atoms with Gasteiger partial charge in [0.2, 0.25) is 0 Å². The van der Waals surface area contributed by atoms with Gasteiger partial charge in [0.1, 0.15) is 29.3 Å². The molecular weight excluding hydrogens is 839 g/mol. The minimum absolute atomic E-state index is 0.00353. The number of piperidine rings is 2. The van der Waals surface area contributed by atoms with Crippen molar-refractivity contribution in [2.75, 3.05) is 62.2 Å². The van der Waals surface area contributed by atoms with Crippen molar-refractivity contribution < 1.29 is 38.5 Å². The Hall–Kier alpha value is -5.48. The number of ether oxygens (including phenoxy) is 3. The number of anilines is 2. The number of carbonyl (C=O) groups excluding carboxylic acids is 3. The fourth-order valence-electron chi connectivity index (χ4n) is 8.07. The highest BCUT2D eigenvalue weighted by molar-refractivity contribution is 6.34. The quantitative estimate of drug-likeness (QED) is 0.170. The summed E-state index contributed by atoms with van der Waals surface area (Å²) in [5.41, 5.74) is 1.29. The predicted octanol–water partition coefficient (Wildman–Crippen LogP) is 7.95. The van der Waals surface area contributed by atoms with Crippen molar-refractivity contribution >= 4 is 58.6 Å². The molecule has 2 aromatic carbocycles. The van der Waals surface area contributed by atoms with E-state index in [1.54, 1.807) is 30.6 Å². The van der Waals surface area contributed by atoms with Crippen LogP contribution in [0.3, 0.4) is 0 Å². The number of hydrogen-bond acceptors (Lipinski definition) is 11. The molecule has 0 radical (unpaired) electrons. The minimum atomic E-state index is -1.15. The van der Waals surface area contributed by atoms with Crippen LogP contribution < -0.4 is 19.3 Å². The molecule has 4 saturated heterocycles. The van der Waals surface area contributed by atoms with E-state index < -0.39 is 17.5 Å². The Labute approximate surface area is 371 Å². The van der Waals surface area contributed by atoms with E-state index in [9.17, 15) is 19.2 Å². The molecule has 1 N–H and O–H groups in total. The van der Waals surface area contributed by atoms with Crippen LogP contribution in [0.5, 0.6) is 11.5 Å². The zero-order chi connectivity index (χ0) is 44.0. The number of rotatable bonds is 8. The summed E-state index contributed by atoms with van der Waals surface area (Å²) < 4.78 is 20.2. The molecule has 18 heteroatoms. The van der Waals surface area contributed by atoms with Gasteiger partial charge >= 0.3 is 24.0 Å². The summed E-state index contributed by atoms with van der Waals surface area (Å²) in [6.07, 6.45) is 10.3. The third-order valence-electron chi connectivity index (χ3n) is 11.2. The summed E-state index contributed by atoms with van der Waals surface area (Å²) in [6, 6.07) is 13.8. The number of hydrogen-bond donors (Lipinski definition) is 1. The molecule has 0 unspecified atom stereocenters. The molecule has 4 aliphatic heterocycles. The van der Waals surface area contributed by atoms with Gasteiger partial charge in [-0.2, -0.15) is 19.6 Å². The lowest BCUT2D eigenvalue weighted by molar-refractivity contribution is 0.00620. The Morgan fingerprint density at radius 2 is 1.02 bits per heavy atom. The first kappa shape index (κ1) is 44.6. The van der Waals surface area contributed by atoms with E-state index in [-0.39, 0.29) is 35.7 Å². The topological polar surface area (TPSA) is 165 Å². The SMILES string of the molecule is CC(C)(C)OC(=O)c1ccn(C(=O)N2CCC(Oc3cccc(Cl)c3N3CCCC3)CC2)n1.O=C(O)c1ccn(C(=O)N2CCC(Oc3cccc(Cl)c3N3CCCC3)CC2)n1. The van der Waals surface area contributed by atoms with Gasteiger partial charge < -0.3 is 38.9 Å². The number of carbonyl (C=O) groups is 4. The fourth-order valence-corrected chi connectivity index (χ4v) is 8.64. The standard InChI is InChI=1S/C24H31ClN4O4.C20H23ClN4O4/c1-24(2,3)33-22(30)19-11-16-29(26-19)23(31)28-14-9-17(10-15-28)32-20-8-6-7-18(25)21(20)27-12-4-5-13-27;21-15-4-3-5-17(18(15)23-9-1-2-10-23)29-14-6-11-24(12-7-14)20(28)25-13-8-16(22-25)19(26)27/h6-8,11,16-17H,4-5,9-10,12-15H2,1-3H3;3-5,8,13-14H,1-2,6-7,9-12H2,(H,26,27). The Morgan fingerprint density at radius 3 is 1.40 bits per heavy atom. The lowest BCUT2D eigenvalue weighted by atomic mass is 10.1. The van der Waals surface area contributed by atoms with Crippen LogP contribution in [-0.4, -0.2) is 129 Å². The van der Waals surface area contributed by atoms with Crippen LogP contribution >= 0.6 is 23.2 Å². The first-order valence-corrected chi connectivity index (χ1v) is 22.1. The third-order valence-corrected chi connectivity index (χ3v) is 11.8. The van der Waals surface area contributed by atoms with E-state index >= 15 is 0 Å². The molecule has 16 nitrogen and oxygen atoms in total. The molecule has 0 saturated carbocycles. The van der Waals surface area contributed by atoms with Crippen molar-refractivity contribution in [3.05, 3.63) is 82.4 Å². The summed E-state index contributed by atoms with van der Waals surface area (Å²) in [5, 5.41) is 18.3. The Kier molecular flexibility index (Phi) is 14.2. The van der Waals surface area contributed by atoms with Crippen molar-refractivity contribution in [2.45, 2.75) is 89.9 Å². The maximum Gasteiger partial charge on any atom is 0.359 e. The van der Waals surface area contributed by atoms with E-state index in [0.29, 0.717) is 61.9 Å². The highest BCUT2D eigenvalue weighted by Crippen LogP contribution is 2.40. The van der Waals surface area contributed by atoms with Gasteiger partial charge in [-0.15, -0.1) is 0 Å². The smallest absolute Gasteiger partial charge is 0.359 e. The van der Waals surface area contributed by atoms with Crippen LogP contribution in [0.2, 0.25) is 10.0 Å². The molecule has 4 aliphatic rings. The Morgan fingerprint density at radius 1 is 0.613 bits per heavy atom. The van der Waals surface area contributed by atoms with Gasteiger partial charge in [0.05, 0.1) is 21.4 Å². The summed E-state index contributed by atoms with van der Waals surface area (Å²) in [5.74, 6) is -0.0962. The van der Waals surface area contributed by atoms with E-state index in [2.05, 4.69) is 20.0 Å². The number of para-hydroxylation sites is 2. The molecular formula is C44H54Cl2N8O8. The molecule has 8 rings (SSSR count). The average Bonchev–Trinajstić information content (AvgIpc) is 4.10. The van der Waals surface area contributed by atoms with E-state index in [1.165, 1.54) is 29.2 Å². The number of amides is 2. The monoisotopic (exact) mass is 892 g/mol. The number of halogens is 2. The number of benzene rings is 2. The first-order valence-electron chi connectivity index (χ1n) is 21.3. The van der Waals surface area contributed by atoms with Gasteiger partial charge in [-0.3, -0.25) is 0 Å². The van der Waals surface area contributed by atoms with Crippen LogP contribution in [0.25, 0.3) is 0 Å². The lowest BCUT2D eigenvalue weighted by Gasteiger charge is -2.33. The molecule has 0 atom stereocenters. The van der Waals surface area contributed by atoms with Crippen LogP contribution in [0, 0.1) is 0 Å². The second-order valence-electron chi connectivity index (χ2n) is 16.8. The molecule has 0 bridgehead atoms. The molecule has 0 spiro atoms. The summed E-state index contributed by atoms with van der Waals surface area (Å²) in [4.78, 5) is 56.5. The van der Waals surface area contributed by atoms with Gasteiger partial charge in [-0.25, -0.2) is 19.2 Å². The summed E-state index contributed by atoms with van der Waals surface area (Å²) in [6.45, 7) is 11.4. The Balaban J connectivity index is 0.000000188. The summed E-state index contributed by atoms with van der Waals surface area (Å²) in [7, 11) is 0. The number of aromatic carboxylic acids is 1. The van der Waals surface area contributed by atoms with Gasteiger partial charge in [0.25, 0.3) is 0 Å². The molecule has 62 heavy (non-hydrogen) atoms. The maximum atomic E-state index is 12.9. The predicted molar refractivity (Wildman–Crippen MR) is 234 cm³/mol. The van der Waals surface area contributed by atoms with Crippen LogP contribution in [0.1, 0.15) is 93.1 Å². The maximum absolute atomic E-state index is 12.9. The summed E-state index contributed by atoms with van der Waals surface area (Å²) >= 11 is 13.0. The van der Waals surface area contributed by atoms with Crippen LogP contribution in [0.15, 0.2) is 60.9 Å². The van der Waals surface area contributed by atoms with Gasteiger partial charge in [0.15, 0.2) is 11.4 Å². The Bertz CT molecular complexity index is 2210.